The number of rotatable bonds is 3. The number of aliphatic hydroxyl groups excluding tert-OH is 1. The van der Waals surface area contributed by atoms with Crippen LogP contribution in [-0.2, 0) is 0 Å². The second-order valence-corrected chi connectivity index (χ2v) is 4.43. The van der Waals surface area contributed by atoms with Gasteiger partial charge >= 0.3 is 0 Å². The van der Waals surface area contributed by atoms with Crippen molar-refractivity contribution in [2.24, 2.45) is 5.92 Å². The lowest BCUT2D eigenvalue weighted by Crippen LogP contribution is -2.46. The summed E-state index contributed by atoms with van der Waals surface area (Å²) in [4.78, 5) is 2.33. The molecule has 1 aliphatic rings. The van der Waals surface area contributed by atoms with E-state index in [-0.39, 0.29) is 6.23 Å². The molecule has 0 aromatic carbocycles. The number of hydrogen-bond donors (Lipinski definition) is 2. The summed E-state index contributed by atoms with van der Waals surface area (Å²) in [5, 5.41) is 12.9. The molecule has 3 nitrogen and oxygen atoms in total. The van der Waals surface area contributed by atoms with Gasteiger partial charge in [0.05, 0.1) is 0 Å². The third-order valence-electron chi connectivity index (χ3n) is 2.76. The van der Waals surface area contributed by atoms with Gasteiger partial charge in [-0.2, -0.15) is 0 Å². The van der Waals surface area contributed by atoms with Crippen LogP contribution < -0.4 is 5.32 Å². The molecule has 1 rings (SSSR count). The Balaban J connectivity index is 2.22. The molecule has 1 atom stereocenters. The van der Waals surface area contributed by atoms with Crippen molar-refractivity contribution >= 4 is 0 Å². The second-order valence-electron chi connectivity index (χ2n) is 4.43. The number of likely N-dealkylation sites (tertiary alicyclic amines) is 1. The van der Waals surface area contributed by atoms with E-state index in [1.807, 2.05) is 13.8 Å². The zero-order chi connectivity index (χ0) is 9.84. The predicted octanol–water partition coefficient (Wildman–Crippen LogP) is 0.645. The molecule has 1 heterocycles. The van der Waals surface area contributed by atoms with Gasteiger partial charge in [0.15, 0.2) is 0 Å². The first-order chi connectivity index (χ1) is 6.09. The number of nitrogens with one attached hydrogen (secondary N) is 1. The van der Waals surface area contributed by atoms with Gasteiger partial charge in [0.1, 0.15) is 6.23 Å². The van der Waals surface area contributed by atoms with Crippen LogP contribution in [0.5, 0.6) is 0 Å². The minimum atomic E-state index is -0.339. The van der Waals surface area contributed by atoms with Crippen molar-refractivity contribution in [3.05, 3.63) is 0 Å². The summed E-state index contributed by atoms with van der Waals surface area (Å²) in [6.07, 6.45) is 1.97. The minimum Gasteiger partial charge on any atom is -0.378 e. The maximum absolute atomic E-state index is 9.62. The highest BCUT2D eigenvalue weighted by Crippen LogP contribution is 2.10. The Morgan fingerprint density at radius 2 is 1.85 bits per heavy atom. The highest BCUT2D eigenvalue weighted by Gasteiger charge is 2.19. The van der Waals surface area contributed by atoms with Gasteiger partial charge in [-0.05, 0) is 38.9 Å². The van der Waals surface area contributed by atoms with Gasteiger partial charge in [0, 0.05) is 6.04 Å². The fourth-order valence-electron chi connectivity index (χ4n) is 1.61. The summed E-state index contributed by atoms with van der Waals surface area (Å²) in [5.74, 6) is 0.305. The highest BCUT2D eigenvalue weighted by molar-refractivity contribution is 4.76. The second kappa shape index (κ2) is 4.94. The molecule has 0 radical (unpaired) electrons. The number of nitrogens with zero attached hydrogens (tertiary/aromatic N) is 1. The van der Waals surface area contributed by atoms with Gasteiger partial charge in [0.2, 0.25) is 0 Å². The molecule has 1 fully saturated rings. The van der Waals surface area contributed by atoms with E-state index in [4.69, 9.17) is 0 Å². The van der Waals surface area contributed by atoms with Gasteiger partial charge in [0.25, 0.3) is 0 Å². The van der Waals surface area contributed by atoms with Crippen LogP contribution >= 0.6 is 0 Å². The van der Waals surface area contributed by atoms with E-state index in [0.29, 0.717) is 12.0 Å². The lowest BCUT2D eigenvalue weighted by Gasteiger charge is -2.32. The van der Waals surface area contributed by atoms with Gasteiger partial charge in [-0.3, -0.25) is 5.32 Å². The third-order valence-corrected chi connectivity index (χ3v) is 2.76. The zero-order valence-corrected chi connectivity index (χ0v) is 8.95. The topological polar surface area (TPSA) is 35.5 Å². The number of aliphatic hydroxyl groups is 1. The van der Waals surface area contributed by atoms with Crippen LogP contribution in [-0.4, -0.2) is 42.4 Å². The van der Waals surface area contributed by atoms with Crippen molar-refractivity contribution in [1.29, 1.82) is 0 Å². The monoisotopic (exact) mass is 186 g/mol. The SMILES string of the molecule is CC(C)C(O)NC1CCN(C)CC1. The fraction of sp³-hybridized carbons (Fsp3) is 1.00. The molecule has 0 aromatic heterocycles. The lowest BCUT2D eigenvalue weighted by atomic mass is 10.0. The average molecular weight is 186 g/mol. The van der Waals surface area contributed by atoms with E-state index < -0.39 is 0 Å². The molecule has 2 N–H and O–H groups in total. The number of hydrogen-bond acceptors (Lipinski definition) is 3. The third kappa shape index (κ3) is 3.63. The number of piperidine rings is 1. The molecule has 3 heteroatoms. The molecule has 1 saturated heterocycles. The van der Waals surface area contributed by atoms with E-state index in [1.54, 1.807) is 0 Å². The summed E-state index contributed by atoms with van der Waals surface area (Å²) in [6.45, 7) is 6.35. The highest BCUT2D eigenvalue weighted by atomic mass is 16.3. The summed E-state index contributed by atoms with van der Waals surface area (Å²) in [7, 11) is 2.15. The van der Waals surface area contributed by atoms with Crippen molar-refractivity contribution in [3.8, 4) is 0 Å². The molecular formula is C10H22N2O. The summed E-state index contributed by atoms with van der Waals surface area (Å²) < 4.78 is 0. The Morgan fingerprint density at radius 1 is 1.31 bits per heavy atom. The predicted molar refractivity (Wildman–Crippen MR) is 54.5 cm³/mol. The van der Waals surface area contributed by atoms with Gasteiger partial charge < -0.3 is 10.0 Å². The molecule has 0 saturated carbocycles. The van der Waals surface area contributed by atoms with Crippen molar-refractivity contribution < 1.29 is 5.11 Å². The fourth-order valence-corrected chi connectivity index (χ4v) is 1.61. The first-order valence-electron chi connectivity index (χ1n) is 5.22. The minimum absolute atomic E-state index is 0.305. The molecule has 13 heavy (non-hydrogen) atoms. The van der Waals surface area contributed by atoms with E-state index in [2.05, 4.69) is 17.3 Å². The van der Waals surface area contributed by atoms with E-state index >= 15 is 0 Å². The normalized spacial score (nSPS) is 23.8. The van der Waals surface area contributed by atoms with Crippen molar-refractivity contribution in [3.63, 3.8) is 0 Å². The van der Waals surface area contributed by atoms with Crippen LogP contribution in [0.4, 0.5) is 0 Å². The van der Waals surface area contributed by atoms with Crippen LogP contribution in [0.3, 0.4) is 0 Å². The Labute approximate surface area is 81.1 Å². The van der Waals surface area contributed by atoms with E-state index in [9.17, 15) is 5.11 Å². The smallest absolute Gasteiger partial charge is 0.107 e. The molecule has 0 bridgehead atoms. The molecular weight excluding hydrogens is 164 g/mol. The summed E-state index contributed by atoms with van der Waals surface area (Å²) >= 11 is 0. The van der Waals surface area contributed by atoms with E-state index in [1.165, 1.54) is 0 Å². The van der Waals surface area contributed by atoms with E-state index in [0.717, 1.165) is 25.9 Å². The first kappa shape index (κ1) is 11.0. The molecule has 0 spiro atoms. The molecule has 0 aliphatic carbocycles. The molecule has 1 unspecified atom stereocenters. The Morgan fingerprint density at radius 3 is 2.31 bits per heavy atom. The maximum Gasteiger partial charge on any atom is 0.107 e. The Hall–Kier alpha value is -0.120. The van der Waals surface area contributed by atoms with Crippen LogP contribution in [0.25, 0.3) is 0 Å². The van der Waals surface area contributed by atoms with Crippen molar-refractivity contribution in [2.75, 3.05) is 20.1 Å². The maximum atomic E-state index is 9.62. The van der Waals surface area contributed by atoms with Crippen LogP contribution in [0, 0.1) is 5.92 Å². The molecule has 0 amide bonds. The molecule has 0 aromatic rings. The average Bonchev–Trinajstić information content (AvgIpc) is 2.08. The molecule has 1 aliphatic heterocycles. The first-order valence-corrected chi connectivity index (χ1v) is 5.22. The van der Waals surface area contributed by atoms with Crippen LogP contribution in [0.1, 0.15) is 26.7 Å². The summed E-state index contributed by atoms with van der Waals surface area (Å²) in [5.41, 5.74) is 0. The van der Waals surface area contributed by atoms with Gasteiger partial charge in [-0.15, -0.1) is 0 Å². The standard InChI is InChI=1S/C10H22N2O/c1-8(2)10(13)11-9-4-6-12(3)7-5-9/h8-11,13H,4-7H2,1-3H3. The Bertz CT molecular complexity index is 142. The lowest BCUT2D eigenvalue weighted by molar-refractivity contribution is 0.0653. The van der Waals surface area contributed by atoms with Gasteiger partial charge in [-0.25, -0.2) is 0 Å². The quantitative estimate of drug-likeness (QED) is 0.635. The van der Waals surface area contributed by atoms with Crippen molar-refractivity contribution in [1.82, 2.24) is 10.2 Å². The summed E-state index contributed by atoms with van der Waals surface area (Å²) in [6, 6.07) is 0.508. The zero-order valence-electron chi connectivity index (χ0n) is 8.95. The van der Waals surface area contributed by atoms with Gasteiger partial charge in [-0.1, -0.05) is 13.8 Å². The Kier molecular flexibility index (Phi) is 4.16. The van der Waals surface area contributed by atoms with Crippen molar-refractivity contribution in [2.45, 2.75) is 39.0 Å². The largest absolute Gasteiger partial charge is 0.378 e. The van der Waals surface area contributed by atoms with Crippen LogP contribution in [0.2, 0.25) is 0 Å². The van der Waals surface area contributed by atoms with Crippen LogP contribution in [0.15, 0.2) is 0 Å². The molecule has 78 valence electrons.